The number of carboxylic acids is 1. The second-order valence-electron chi connectivity index (χ2n) is 2.33. The van der Waals surface area contributed by atoms with E-state index in [4.69, 9.17) is 10.6 Å². The number of hydrogen-bond acceptors (Lipinski definition) is 3. The average molecular weight is 197 g/mol. The first-order chi connectivity index (χ1) is 6.24. The van der Waals surface area contributed by atoms with E-state index >= 15 is 0 Å². The summed E-state index contributed by atoms with van der Waals surface area (Å²) in [5.74, 6) is -0.871. The monoisotopic (exact) mass is 197 g/mol. The highest BCUT2D eigenvalue weighted by Gasteiger charge is 2.06. The molecule has 0 saturated heterocycles. The Bertz CT molecular complexity index is 336. The van der Waals surface area contributed by atoms with Crippen LogP contribution in [0.2, 0.25) is 0 Å². The van der Waals surface area contributed by atoms with Gasteiger partial charge in [-0.1, -0.05) is 5.11 Å². The van der Waals surface area contributed by atoms with E-state index in [1.165, 1.54) is 11.3 Å². The lowest BCUT2D eigenvalue weighted by Gasteiger charge is -1.95. The fourth-order valence-electron chi connectivity index (χ4n) is 0.908. The maximum atomic E-state index is 10.4. The average Bonchev–Trinajstić information content (AvgIpc) is 2.48. The molecule has 0 aliphatic heterocycles. The Morgan fingerprint density at radius 2 is 2.54 bits per heavy atom. The summed E-state index contributed by atoms with van der Waals surface area (Å²) < 4.78 is 0. The molecule has 0 bridgehead atoms. The van der Waals surface area contributed by atoms with Gasteiger partial charge in [-0.15, -0.1) is 11.3 Å². The summed E-state index contributed by atoms with van der Waals surface area (Å²) in [7, 11) is 0. The Balaban J connectivity index is 2.76. The summed E-state index contributed by atoms with van der Waals surface area (Å²) in [4.78, 5) is 13.8. The molecule has 0 fully saturated rings. The van der Waals surface area contributed by atoms with Gasteiger partial charge in [-0.05, 0) is 22.5 Å². The van der Waals surface area contributed by atoms with E-state index in [-0.39, 0.29) is 13.0 Å². The Labute approximate surface area is 78.3 Å². The van der Waals surface area contributed by atoms with Crippen LogP contribution >= 0.6 is 11.3 Å². The number of azide groups is 1. The minimum Gasteiger partial charge on any atom is -0.481 e. The van der Waals surface area contributed by atoms with E-state index in [0.29, 0.717) is 0 Å². The topological polar surface area (TPSA) is 86.1 Å². The van der Waals surface area contributed by atoms with Gasteiger partial charge in [0.25, 0.3) is 0 Å². The number of aliphatic carboxylic acids is 1. The van der Waals surface area contributed by atoms with Crippen LogP contribution in [0.3, 0.4) is 0 Å². The molecule has 0 unspecified atom stereocenters. The van der Waals surface area contributed by atoms with E-state index in [1.807, 2.05) is 0 Å². The molecule has 13 heavy (non-hydrogen) atoms. The van der Waals surface area contributed by atoms with Crippen molar-refractivity contribution in [1.29, 1.82) is 0 Å². The molecule has 1 heterocycles. The van der Waals surface area contributed by atoms with Gasteiger partial charge >= 0.3 is 5.97 Å². The maximum absolute atomic E-state index is 10.4. The second-order valence-corrected chi connectivity index (χ2v) is 3.33. The van der Waals surface area contributed by atoms with Gasteiger partial charge in [0.1, 0.15) is 0 Å². The highest BCUT2D eigenvalue weighted by molar-refractivity contribution is 7.10. The summed E-state index contributed by atoms with van der Waals surface area (Å²) in [5.41, 5.74) is 8.88. The molecule has 0 radical (unpaired) electrons. The quantitative estimate of drug-likeness (QED) is 0.455. The molecule has 1 aromatic heterocycles. The summed E-state index contributed by atoms with van der Waals surface area (Å²) in [5, 5.41) is 13.7. The summed E-state index contributed by atoms with van der Waals surface area (Å²) >= 11 is 1.36. The number of hydrogen-bond donors (Lipinski definition) is 1. The molecule has 0 spiro atoms. The minimum atomic E-state index is -0.871. The van der Waals surface area contributed by atoms with Gasteiger partial charge in [-0.2, -0.15) is 0 Å². The molecular weight excluding hydrogens is 190 g/mol. The van der Waals surface area contributed by atoms with E-state index in [9.17, 15) is 4.79 Å². The first kappa shape index (κ1) is 9.57. The smallest absolute Gasteiger partial charge is 0.308 e. The lowest BCUT2D eigenvalue weighted by atomic mass is 10.2. The molecule has 1 N–H and O–H groups in total. The SMILES string of the molecule is [N-]=[N+]=NCc1ccsc1CC(=O)O. The van der Waals surface area contributed by atoms with Crippen molar-refractivity contribution in [3.8, 4) is 0 Å². The fourth-order valence-corrected chi connectivity index (χ4v) is 1.80. The first-order valence-corrected chi connectivity index (χ1v) is 4.40. The van der Waals surface area contributed by atoms with Crippen LogP contribution in [0, 0.1) is 0 Å². The van der Waals surface area contributed by atoms with Crippen molar-refractivity contribution >= 4 is 17.3 Å². The molecule has 0 saturated carbocycles. The molecule has 0 amide bonds. The molecule has 68 valence electrons. The predicted octanol–water partition coefficient (Wildman–Crippen LogP) is 2.19. The van der Waals surface area contributed by atoms with Crippen molar-refractivity contribution in [2.75, 3.05) is 0 Å². The van der Waals surface area contributed by atoms with Crippen molar-refractivity contribution in [3.63, 3.8) is 0 Å². The van der Waals surface area contributed by atoms with E-state index in [0.717, 1.165) is 10.4 Å². The maximum Gasteiger partial charge on any atom is 0.308 e. The molecule has 1 rings (SSSR count). The van der Waals surface area contributed by atoms with Crippen LogP contribution in [0.1, 0.15) is 10.4 Å². The number of thiophene rings is 1. The Hall–Kier alpha value is -1.52. The standard InChI is InChI=1S/C7H7N3O2S/c8-10-9-4-5-1-2-13-6(5)3-7(11)12/h1-2H,3-4H2,(H,11,12). The zero-order chi connectivity index (χ0) is 9.68. The molecule has 1 aromatic rings. The molecule has 0 atom stereocenters. The summed E-state index contributed by atoms with van der Waals surface area (Å²) in [6, 6.07) is 1.78. The zero-order valence-electron chi connectivity index (χ0n) is 6.67. The van der Waals surface area contributed by atoms with Crippen molar-refractivity contribution in [2.24, 2.45) is 5.11 Å². The van der Waals surface area contributed by atoms with Crippen molar-refractivity contribution in [3.05, 3.63) is 32.3 Å². The van der Waals surface area contributed by atoms with Crippen LogP contribution in [0.5, 0.6) is 0 Å². The molecular formula is C7H7N3O2S. The van der Waals surface area contributed by atoms with E-state index in [2.05, 4.69) is 10.0 Å². The summed E-state index contributed by atoms with van der Waals surface area (Å²) in [6.07, 6.45) is -0.00600. The largest absolute Gasteiger partial charge is 0.481 e. The molecule has 0 aromatic carbocycles. The highest BCUT2D eigenvalue weighted by Crippen LogP contribution is 2.18. The summed E-state index contributed by atoms with van der Waals surface area (Å²) in [6.45, 7) is 0.225. The van der Waals surface area contributed by atoms with Crippen LogP contribution in [-0.4, -0.2) is 11.1 Å². The van der Waals surface area contributed by atoms with Gasteiger partial charge in [-0.3, -0.25) is 4.79 Å². The third-order valence-corrected chi connectivity index (χ3v) is 2.42. The van der Waals surface area contributed by atoms with Crippen molar-refractivity contribution in [2.45, 2.75) is 13.0 Å². The Morgan fingerprint density at radius 3 is 3.15 bits per heavy atom. The van der Waals surface area contributed by atoms with Crippen LogP contribution < -0.4 is 0 Å². The Morgan fingerprint density at radius 1 is 1.77 bits per heavy atom. The second kappa shape index (κ2) is 4.49. The normalized spacial score (nSPS) is 9.23. The molecule has 0 aliphatic carbocycles. The zero-order valence-corrected chi connectivity index (χ0v) is 7.49. The van der Waals surface area contributed by atoms with Gasteiger partial charge < -0.3 is 5.11 Å². The van der Waals surface area contributed by atoms with E-state index in [1.54, 1.807) is 11.4 Å². The minimum absolute atomic E-state index is 0.00600. The van der Waals surface area contributed by atoms with Gasteiger partial charge in [-0.25, -0.2) is 0 Å². The van der Waals surface area contributed by atoms with Gasteiger partial charge in [0.2, 0.25) is 0 Å². The first-order valence-electron chi connectivity index (χ1n) is 3.52. The Kier molecular flexibility index (Phi) is 3.31. The number of nitrogens with zero attached hydrogens (tertiary/aromatic N) is 3. The van der Waals surface area contributed by atoms with Gasteiger partial charge in [0, 0.05) is 9.79 Å². The van der Waals surface area contributed by atoms with E-state index < -0.39 is 5.97 Å². The number of rotatable bonds is 4. The number of carbonyl (C=O) groups is 1. The van der Waals surface area contributed by atoms with Crippen molar-refractivity contribution in [1.82, 2.24) is 0 Å². The molecule has 0 aliphatic rings. The van der Waals surface area contributed by atoms with Crippen LogP contribution in [-0.2, 0) is 17.8 Å². The lowest BCUT2D eigenvalue weighted by molar-refractivity contribution is -0.136. The van der Waals surface area contributed by atoms with Gasteiger partial charge in [0.05, 0.1) is 13.0 Å². The van der Waals surface area contributed by atoms with Crippen LogP contribution in [0.25, 0.3) is 10.4 Å². The van der Waals surface area contributed by atoms with Crippen LogP contribution in [0.15, 0.2) is 16.6 Å². The molecule has 6 heteroatoms. The molecule has 5 nitrogen and oxygen atoms in total. The lowest BCUT2D eigenvalue weighted by Crippen LogP contribution is -1.99. The third-order valence-electron chi connectivity index (χ3n) is 1.45. The number of carboxylic acid groups (broad SMARTS) is 1. The fraction of sp³-hybridized carbons (Fsp3) is 0.286. The van der Waals surface area contributed by atoms with Crippen molar-refractivity contribution < 1.29 is 9.90 Å². The predicted molar refractivity (Wildman–Crippen MR) is 48.5 cm³/mol. The van der Waals surface area contributed by atoms with Gasteiger partial charge in [0.15, 0.2) is 0 Å². The van der Waals surface area contributed by atoms with Crippen LogP contribution in [0.4, 0.5) is 0 Å². The highest BCUT2D eigenvalue weighted by atomic mass is 32.1. The third kappa shape index (κ3) is 2.77.